The van der Waals surface area contributed by atoms with E-state index in [9.17, 15) is 0 Å². The van der Waals surface area contributed by atoms with Crippen molar-refractivity contribution in [3.8, 4) is 0 Å². The lowest BCUT2D eigenvalue weighted by molar-refractivity contribution is 0.378. The van der Waals surface area contributed by atoms with Gasteiger partial charge in [-0.15, -0.1) is 0 Å². The maximum Gasteiger partial charge on any atom is 0.156 e. The van der Waals surface area contributed by atoms with Crippen molar-refractivity contribution in [3.05, 3.63) is 54.0 Å². The third-order valence-electron chi connectivity index (χ3n) is 3.09. The van der Waals surface area contributed by atoms with E-state index >= 15 is 0 Å². The molecule has 0 saturated carbocycles. The number of fused-ring (bicyclic) bond motifs is 1. The van der Waals surface area contributed by atoms with Gasteiger partial charge in [0.05, 0.1) is 12.7 Å². The van der Waals surface area contributed by atoms with Crippen LogP contribution in [-0.4, -0.2) is 16.8 Å². The average Bonchev–Trinajstić information content (AvgIpc) is 3.01. The third kappa shape index (κ3) is 1.91. The van der Waals surface area contributed by atoms with E-state index in [2.05, 4.69) is 45.5 Å². The first-order chi connectivity index (χ1) is 8.88. The van der Waals surface area contributed by atoms with Crippen molar-refractivity contribution in [1.29, 1.82) is 0 Å². The molecule has 0 aliphatic heterocycles. The molecule has 3 rings (SSSR count). The van der Waals surface area contributed by atoms with Gasteiger partial charge in [-0.1, -0.05) is 17.3 Å². The molecule has 1 aromatic carbocycles. The van der Waals surface area contributed by atoms with Gasteiger partial charge in [-0.25, -0.2) is 0 Å². The Hall–Kier alpha value is -2.07. The topological polar surface area (TPSA) is 43.0 Å². The quantitative estimate of drug-likeness (QED) is 0.762. The summed E-state index contributed by atoms with van der Waals surface area (Å²) in [6, 6.07) is 10.4. The number of hydrogen-bond donors (Lipinski definition) is 1. The minimum absolute atomic E-state index is 0.715. The number of rotatable bonds is 4. The van der Waals surface area contributed by atoms with Gasteiger partial charge in [-0.2, -0.15) is 0 Å². The highest BCUT2D eigenvalue weighted by Gasteiger charge is 2.06. The molecule has 0 bridgehead atoms. The highest BCUT2D eigenvalue weighted by atomic mass is 16.5. The van der Waals surface area contributed by atoms with Crippen LogP contribution in [0.25, 0.3) is 10.9 Å². The minimum Gasteiger partial charge on any atom is -0.359 e. The zero-order valence-corrected chi connectivity index (χ0v) is 10.3. The van der Waals surface area contributed by atoms with Gasteiger partial charge in [0.2, 0.25) is 0 Å². The Kier molecular flexibility index (Phi) is 2.86. The predicted octanol–water partition coefficient (Wildman–Crippen LogP) is 2.40. The predicted molar refractivity (Wildman–Crippen MR) is 70.3 cm³/mol. The summed E-state index contributed by atoms with van der Waals surface area (Å²) in [6.45, 7) is 1.59. The van der Waals surface area contributed by atoms with Crippen LogP contribution in [0.1, 0.15) is 11.3 Å². The van der Waals surface area contributed by atoms with Crippen molar-refractivity contribution in [2.75, 3.05) is 7.05 Å². The fourth-order valence-corrected chi connectivity index (χ4v) is 2.26. The molecule has 0 aliphatic carbocycles. The van der Waals surface area contributed by atoms with Crippen LogP contribution in [0.5, 0.6) is 0 Å². The maximum absolute atomic E-state index is 5.15. The standard InChI is InChI=1S/C14H15N3O/c1-15-9-11-3-2-4-14-13(11)6-8-17(14)10-12-5-7-16-18-12/h2-8,15H,9-10H2,1H3. The molecule has 18 heavy (non-hydrogen) atoms. The molecule has 3 aromatic rings. The van der Waals surface area contributed by atoms with Gasteiger partial charge in [0, 0.05) is 29.7 Å². The van der Waals surface area contributed by atoms with Crippen molar-refractivity contribution in [2.45, 2.75) is 13.1 Å². The van der Waals surface area contributed by atoms with E-state index in [1.807, 2.05) is 13.1 Å². The van der Waals surface area contributed by atoms with Gasteiger partial charge in [0.15, 0.2) is 5.76 Å². The summed E-state index contributed by atoms with van der Waals surface area (Å²) in [4.78, 5) is 0. The number of aromatic nitrogens is 2. The summed E-state index contributed by atoms with van der Waals surface area (Å²) in [5.41, 5.74) is 2.53. The Morgan fingerprint density at radius 2 is 2.22 bits per heavy atom. The highest BCUT2D eigenvalue weighted by molar-refractivity contribution is 5.83. The molecular weight excluding hydrogens is 226 g/mol. The Bertz CT molecular complexity index is 640. The summed E-state index contributed by atoms with van der Waals surface area (Å²) < 4.78 is 7.33. The summed E-state index contributed by atoms with van der Waals surface area (Å²) in [7, 11) is 1.96. The smallest absolute Gasteiger partial charge is 0.156 e. The van der Waals surface area contributed by atoms with Crippen molar-refractivity contribution < 1.29 is 4.52 Å². The van der Waals surface area contributed by atoms with Crippen LogP contribution in [-0.2, 0) is 13.1 Å². The van der Waals surface area contributed by atoms with Crippen molar-refractivity contribution in [2.24, 2.45) is 0 Å². The van der Waals surface area contributed by atoms with Crippen LogP contribution in [0.4, 0.5) is 0 Å². The van der Waals surface area contributed by atoms with E-state index in [4.69, 9.17) is 4.52 Å². The average molecular weight is 241 g/mol. The summed E-state index contributed by atoms with van der Waals surface area (Å²) >= 11 is 0. The van der Waals surface area contributed by atoms with Gasteiger partial charge in [-0.05, 0) is 24.7 Å². The second kappa shape index (κ2) is 4.66. The van der Waals surface area contributed by atoms with E-state index in [1.54, 1.807) is 6.20 Å². The molecule has 0 saturated heterocycles. The molecule has 4 heteroatoms. The summed E-state index contributed by atoms with van der Waals surface area (Å²) in [5, 5.41) is 8.21. The van der Waals surface area contributed by atoms with E-state index in [0.29, 0.717) is 6.54 Å². The molecule has 4 nitrogen and oxygen atoms in total. The molecule has 0 aliphatic rings. The van der Waals surface area contributed by atoms with E-state index in [0.717, 1.165) is 12.3 Å². The van der Waals surface area contributed by atoms with E-state index < -0.39 is 0 Å². The van der Waals surface area contributed by atoms with Gasteiger partial charge in [-0.3, -0.25) is 0 Å². The van der Waals surface area contributed by atoms with Crippen LogP contribution in [0.15, 0.2) is 47.2 Å². The largest absolute Gasteiger partial charge is 0.359 e. The molecule has 2 aromatic heterocycles. The second-order valence-corrected chi connectivity index (χ2v) is 4.30. The molecule has 0 spiro atoms. The lowest BCUT2D eigenvalue weighted by atomic mass is 10.1. The Morgan fingerprint density at radius 3 is 3.00 bits per heavy atom. The van der Waals surface area contributed by atoms with Crippen molar-refractivity contribution in [3.63, 3.8) is 0 Å². The number of benzene rings is 1. The monoisotopic (exact) mass is 241 g/mol. The Balaban J connectivity index is 2.01. The van der Waals surface area contributed by atoms with Crippen molar-refractivity contribution >= 4 is 10.9 Å². The van der Waals surface area contributed by atoms with Gasteiger partial charge in [0.1, 0.15) is 0 Å². The molecule has 0 unspecified atom stereocenters. The lowest BCUT2D eigenvalue weighted by Gasteiger charge is -2.05. The van der Waals surface area contributed by atoms with E-state index in [1.165, 1.54) is 16.5 Å². The molecule has 92 valence electrons. The lowest BCUT2D eigenvalue weighted by Crippen LogP contribution is -2.05. The molecule has 2 heterocycles. The summed E-state index contributed by atoms with van der Waals surface area (Å²) in [6.07, 6.45) is 3.76. The zero-order chi connectivity index (χ0) is 12.4. The first-order valence-electron chi connectivity index (χ1n) is 5.99. The minimum atomic E-state index is 0.715. The van der Waals surface area contributed by atoms with Crippen molar-refractivity contribution in [1.82, 2.24) is 15.0 Å². The zero-order valence-electron chi connectivity index (χ0n) is 10.3. The Morgan fingerprint density at radius 1 is 1.28 bits per heavy atom. The number of nitrogens with zero attached hydrogens (tertiary/aromatic N) is 2. The molecular formula is C14H15N3O. The van der Waals surface area contributed by atoms with Crippen LogP contribution in [0, 0.1) is 0 Å². The molecule has 1 N–H and O–H groups in total. The summed E-state index contributed by atoms with van der Waals surface area (Å²) in [5.74, 6) is 0.867. The van der Waals surface area contributed by atoms with E-state index in [-0.39, 0.29) is 0 Å². The van der Waals surface area contributed by atoms with Crippen LogP contribution < -0.4 is 5.32 Å². The highest BCUT2D eigenvalue weighted by Crippen LogP contribution is 2.21. The number of nitrogens with one attached hydrogen (secondary N) is 1. The first kappa shape index (κ1) is 11.0. The molecule has 0 radical (unpaired) electrons. The SMILES string of the molecule is CNCc1cccc2c1ccn2Cc1ccno1. The fraction of sp³-hybridized carbons (Fsp3) is 0.214. The van der Waals surface area contributed by atoms with Crippen LogP contribution >= 0.6 is 0 Å². The van der Waals surface area contributed by atoms with Gasteiger partial charge < -0.3 is 14.4 Å². The third-order valence-corrected chi connectivity index (χ3v) is 3.09. The van der Waals surface area contributed by atoms with Crippen LogP contribution in [0.2, 0.25) is 0 Å². The molecule has 0 atom stereocenters. The molecule has 0 fully saturated rings. The maximum atomic E-state index is 5.15. The normalized spacial score (nSPS) is 11.2. The van der Waals surface area contributed by atoms with Gasteiger partial charge in [0.25, 0.3) is 0 Å². The fourth-order valence-electron chi connectivity index (χ4n) is 2.26. The first-order valence-corrected chi connectivity index (χ1v) is 5.99. The number of hydrogen-bond acceptors (Lipinski definition) is 3. The second-order valence-electron chi connectivity index (χ2n) is 4.30. The van der Waals surface area contributed by atoms with Gasteiger partial charge >= 0.3 is 0 Å². The molecule has 0 amide bonds. The Labute approximate surface area is 105 Å². The van der Waals surface area contributed by atoms with Crippen LogP contribution in [0.3, 0.4) is 0 Å².